The van der Waals surface area contributed by atoms with E-state index in [0.717, 1.165) is 41.0 Å². The van der Waals surface area contributed by atoms with Crippen molar-refractivity contribution in [2.45, 2.75) is 51.9 Å². The molecule has 0 spiro atoms. The zero-order valence-corrected chi connectivity index (χ0v) is 14.2. The van der Waals surface area contributed by atoms with Gasteiger partial charge in [-0.1, -0.05) is 44.8 Å². The van der Waals surface area contributed by atoms with Gasteiger partial charge in [0.1, 0.15) is 4.64 Å². The number of rotatable bonds is 5. The minimum atomic E-state index is 0.768. The van der Waals surface area contributed by atoms with E-state index in [1.807, 2.05) is 16.9 Å². The van der Waals surface area contributed by atoms with Gasteiger partial charge >= 0.3 is 0 Å². The normalized spacial score (nSPS) is 16.0. The van der Waals surface area contributed by atoms with Crippen LogP contribution in [-0.4, -0.2) is 16.2 Å². The molecule has 22 heavy (non-hydrogen) atoms. The standard InChI is InChI=1S/C18H25N3S/c1-2-7-16-12-15-10-6-11-19-17(15)21(18(16)22)20-13-14-8-4-3-5-9-14/h6,10-12,14,20H,2-5,7-9,13H2,1H3. The van der Waals surface area contributed by atoms with Crippen LogP contribution in [0.4, 0.5) is 0 Å². The van der Waals surface area contributed by atoms with Crippen LogP contribution in [-0.2, 0) is 6.42 Å². The summed E-state index contributed by atoms with van der Waals surface area (Å²) in [6.07, 6.45) is 10.8. The van der Waals surface area contributed by atoms with Gasteiger partial charge in [-0.2, -0.15) is 0 Å². The summed E-state index contributed by atoms with van der Waals surface area (Å²) >= 11 is 5.71. The van der Waals surface area contributed by atoms with Gasteiger partial charge in [-0.15, -0.1) is 0 Å². The van der Waals surface area contributed by atoms with E-state index < -0.39 is 0 Å². The molecular weight excluding hydrogens is 290 g/mol. The van der Waals surface area contributed by atoms with Crippen LogP contribution in [0.1, 0.15) is 51.0 Å². The molecule has 0 radical (unpaired) electrons. The second-order valence-corrected chi connectivity index (χ2v) is 6.73. The van der Waals surface area contributed by atoms with Crippen LogP contribution in [0.3, 0.4) is 0 Å². The van der Waals surface area contributed by atoms with Gasteiger partial charge in [0.2, 0.25) is 0 Å². The Balaban J connectivity index is 1.91. The van der Waals surface area contributed by atoms with E-state index >= 15 is 0 Å². The number of nitrogens with zero attached hydrogens (tertiary/aromatic N) is 2. The smallest absolute Gasteiger partial charge is 0.159 e. The van der Waals surface area contributed by atoms with Gasteiger partial charge in [-0.25, -0.2) is 9.66 Å². The first kappa shape index (κ1) is 15.5. The Bertz CT molecular complexity index is 686. The molecule has 0 amide bonds. The predicted octanol–water partition coefficient (Wildman–Crippen LogP) is 4.84. The topological polar surface area (TPSA) is 29.9 Å². The highest BCUT2D eigenvalue weighted by molar-refractivity contribution is 7.71. The number of nitrogens with one attached hydrogen (secondary N) is 1. The van der Waals surface area contributed by atoms with Crippen LogP contribution in [0.15, 0.2) is 24.4 Å². The monoisotopic (exact) mass is 315 g/mol. The summed E-state index contributed by atoms with van der Waals surface area (Å²) < 4.78 is 2.94. The molecule has 118 valence electrons. The summed E-state index contributed by atoms with van der Waals surface area (Å²) in [5.41, 5.74) is 5.77. The maximum atomic E-state index is 5.71. The van der Waals surface area contributed by atoms with Crippen LogP contribution in [0.25, 0.3) is 11.0 Å². The van der Waals surface area contributed by atoms with Crippen molar-refractivity contribution < 1.29 is 0 Å². The minimum absolute atomic E-state index is 0.768. The maximum absolute atomic E-state index is 5.71. The molecule has 1 fully saturated rings. The fourth-order valence-corrected chi connectivity index (χ4v) is 3.72. The third-order valence-electron chi connectivity index (χ3n) is 4.62. The van der Waals surface area contributed by atoms with Crippen molar-refractivity contribution in [2.75, 3.05) is 12.0 Å². The zero-order valence-electron chi connectivity index (χ0n) is 13.3. The van der Waals surface area contributed by atoms with Crippen LogP contribution in [0, 0.1) is 10.6 Å². The molecule has 0 unspecified atom stereocenters. The molecule has 0 atom stereocenters. The molecule has 0 aromatic carbocycles. The van der Waals surface area contributed by atoms with E-state index in [0.29, 0.717) is 0 Å². The summed E-state index contributed by atoms with van der Waals surface area (Å²) in [6, 6.07) is 6.31. The average molecular weight is 315 g/mol. The lowest BCUT2D eigenvalue weighted by Gasteiger charge is -2.24. The van der Waals surface area contributed by atoms with E-state index in [-0.39, 0.29) is 0 Å². The summed E-state index contributed by atoms with van der Waals surface area (Å²) in [5.74, 6) is 0.768. The zero-order chi connectivity index (χ0) is 15.4. The summed E-state index contributed by atoms with van der Waals surface area (Å²) in [7, 11) is 0. The Morgan fingerprint density at radius 1 is 1.32 bits per heavy atom. The Kier molecular flexibility index (Phi) is 5.08. The highest BCUT2D eigenvalue weighted by Gasteiger charge is 2.14. The van der Waals surface area contributed by atoms with Gasteiger partial charge in [0.15, 0.2) is 5.65 Å². The largest absolute Gasteiger partial charge is 0.323 e. The molecule has 0 aliphatic heterocycles. The van der Waals surface area contributed by atoms with Crippen molar-refractivity contribution in [1.29, 1.82) is 0 Å². The molecule has 3 rings (SSSR count). The predicted molar refractivity (Wildman–Crippen MR) is 95.4 cm³/mol. The highest BCUT2D eigenvalue weighted by Crippen LogP contribution is 2.23. The van der Waals surface area contributed by atoms with Crippen LogP contribution in [0.5, 0.6) is 0 Å². The molecule has 0 bridgehead atoms. The number of aryl methyl sites for hydroxylation is 1. The molecule has 0 saturated heterocycles. The van der Waals surface area contributed by atoms with Gasteiger partial charge in [0, 0.05) is 18.1 Å². The summed E-state index contributed by atoms with van der Waals surface area (Å²) in [5, 5.41) is 1.16. The van der Waals surface area contributed by atoms with Crippen molar-refractivity contribution in [2.24, 2.45) is 5.92 Å². The van der Waals surface area contributed by atoms with E-state index in [2.05, 4.69) is 29.5 Å². The Morgan fingerprint density at radius 2 is 2.14 bits per heavy atom. The van der Waals surface area contributed by atoms with E-state index in [1.54, 1.807) is 0 Å². The van der Waals surface area contributed by atoms with Crippen LogP contribution in [0.2, 0.25) is 0 Å². The quantitative estimate of drug-likeness (QED) is 0.801. The third kappa shape index (κ3) is 3.32. The molecule has 1 aliphatic carbocycles. The minimum Gasteiger partial charge on any atom is -0.323 e. The number of hydrogen-bond acceptors (Lipinski definition) is 3. The van der Waals surface area contributed by atoms with Crippen molar-refractivity contribution in [1.82, 2.24) is 9.66 Å². The number of fused-ring (bicyclic) bond motifs is 1. The van der Waals surface area contributed by atoms with Gasteiger partial charge in [0.05, 0.1) is 0 Å². The Morgan fingerprint density at radius 3 is 2.91 bits per heavy atom. The second-order valence-electron chi connectivity index (χ2n) is 6.34. The van der Waals surface area contributed by atoms with Crippen molar-refractivity contribution in [3.05, 3.63) is 34.6 Å². The van der Waals surface area contributed by atoms with Crippen LogP contribution < -0.4 is 5.43 Å². The molecule has 3 nitrogen and oxygen atoms in total. The maximum Gasteiger partial charge on any atom is 0.159 e. The van der Waals surface area contributed by atoms with Crippen LogP contribution >= 0.6 is 12.2 Å². The molecule has 2 aromatic rings. The second kappa shape index (κ2) is 7.23. The number of hydrogen-bond donors (Lipinski definition) is 1. The Hall–Kier alpha value is -1.42. The lowest BCUT2D eigenvalue weighted by atomic mass is 9.89. The van der Waals surface area contributed by atoms with E-state index in [4.69, 9.17) is 12.2 Å². The van der Waals surface area contributed by atoms with Crippen molar-refractivity contribution in [3.63, 3.8) is 0 Å². The third-order valence-corrected chi connectivity index (χ3v) is 5.06. The first-order chi connectivity index (χ1) is 10.8. The molecule has 4 heteroatoms. The first-order valence-electron chi connectivity index (χ1n) is 8.53. The van der Waals surface area contributed by atoms with E-state index in [9.17, 15) is 0 Å². The molecule has 2 aromatic heterocycles. The SMILES string of the molecule is CCCc1cc2cccnc2n(NCC2CCCCC2)c1=S. The molecule has 1 aliphatic rings. The van der Waals surface area contributed by atoms with Crippen molar-refractivity contribution >= 4 is 23.3 Å². The molecule has 1 saturated carbocycles. The van der Waals surface area contributed by atoms with Gasteiger partial charge in [0.25, 0.3) is 0 Å². The fourth-order valence-electron chi connectivity index (χ4n) is 3.40. The van der Waals surface area contributed by atoms with Crippen molar-refractivity contribution in [3.8, 4) is 0 Å². The van der Waals surface area contributed by atoms with E-state index in [1.165, 1.54) is 37.7 Å². The summed E-state index contributed by atoms with van der Waals surface area (Å²) in [6.45, 7) is 3.19. The van der Waals surface area contributed by atoms with Gasteiger partial charge < -0.3 is 5.43 Å². The van der Waals surface area contributed by atoms with Gasteiger partial charge in [-0.3, -0.25) is 0 Å². The molecule has 2 heterocycles. The molecular formula is C18H25N3S. The first-order valence-corrected chi connectivity index (χ1v) is 8.94. The molecule has 1 N–H and O–H groups in total. The number of pyridine rings is 2. The number of aromatic nitrogens is 2. The average Bonchev–Trinajstić information content (AvgIpc) is 2.56. The lowest BCUT2D eigenvalue weighted by molar-refractivity contribution is 0.366. The fraction of sp³-hybridized carbons (Fsp3) is 0.556. The summed E-state index contributed by atoms with van der Waals surface area (Å²) in [4.78, 5) is 4.54. The highest BCUT2D eigenvalue weighted by atomic mass is 32.1. The van der Waals surface area contributed by atoms with Gasteiger partial charge in [-0.05, 0) is 48.9 Å². The lowest BCUT2D eigenvalue weighted by Crippen LogP contribution is -2.26. The Labute approximate surface area is 137 Å².